The van der Waals surface area contributed by atoms with E-state index in [-0.39, 0.29) is 11.9 Å². The smallest absolute Gasteiger partial charge is 0.223 e. The Morgan fingerprint density at radius 3 is 2.76 bits per heavy atom. The second-order valence-corrected chi connectivity index (χ2v) is 3.53. The minimum atomic E-state index is -0.121. The zero-order chi connectivity index (χ0) is 12.4. The number of hydrogen-bond donors (Lipinski definition) is 4. The SMILES string of the molecule is Cc1nc2ccc(N=C(N)N=C(N)N)cc2[nH]1. The summed E-state index contributed by atoms with van der Waals surface area (Å²) in [5.41, 5.74) is 18.3. The fourth-order valence-corrected chi connectivity index (χ4v) is 1.48. The molecular weight excluding hydrogens is 218 g/mol. The minimum Gasteiger partial charge on any atom is -0.370 e. The Morgan fingerprint density at radius 2 is 2.06 bits per heavy atom. The number of aliphatic imine (C=N–C) groups is 2. The number of imidazole rings is 1. The molecule has 0 saturated carbocycles. The van der Waals surface area contributed by atoms with Gasteiger partial charge in [0.05, 0.1) is 16.7 Å². The summed E-state index contributed by atoms with van der Waals surface area (Å²) in [5.74, 6) is 0.739. The first kappa shape index (κ1) is 10.9. The number of guanidine groups is 2. The normalized spacial score (nSPS) is 11.7. The van der Waals surface area contributed by atoms with E-state index in [0.29, 0.717) is 5.69 Å². The van der Waals surface area contributed by atoms with E-state index in [2.05, 4.69) is 20.0 Å². The molecule has 0 aliphatic carbocycles. The average molecular weight is 231 g/mol. The predicted molar refractivity (Wildman–Crippen MR) is 67.9 cm³/mol. The number of rotatable bonds is 1. The Kier molecular flexibility index (Phi) is 2.65. The third-order valence-corrected chi connectivity index (χ3v) is 2.07. The molecule has 1 aromatic carbocycles. The number of aromatic nitrogens is 2. The number of nitrogens with zero attached hydrogens (tertiary/aromatic N) is 3. The number of H-pyrrole nitrogens is 1. The van der Waals surface area contributed by atoms with Crippen LogP contribution in [0.15, 0.2) is 28.2 Å². The molecule has 1 aromatic heterocycles. The lowest BCUT2D eigenvalue weighted by atomic mass is 10.3. The van der Waals surface area contributed by atoms with Gasteiger partial charge >= 0.3 is 0 Å². The molecule has 0 fully saturated rings. The summed E-state index contributed by atoms with van der Waals surface area (Å²) in [6.45, 7) is 1.89. The van der Waals surface area contributed by atoms with Crippen LogP contribution in [0.1, 0.15) is 5.82 Å². The van der Waals surface area contributed by atoms with Crippen LogP contribution in [0.3, 0.4) is 0 Å². The van der Waals surface area contributed by atoms with Gasteiger partial charge in [-0.1, -0.05) is 0 Å². The number of nitrogens with one attached hydrogen (secondary N) is 1. The van der Waals surface area contributed by atoms with Gasteiger partial charge in [-0.15, -0.1) is 0 Å². The third kappa shape index (κ3) is 2.51. The van der Waals surface area contributed by atoms with Crippen LogP contribution in [-0.4, -0.2) is 21.9 Å². The summed E-state index contributed by atoms with van der Waals surface area (Å²) < 4.78 is 0. The quantitative estimate of drug-likeness (QED) is 0.409. The van der Waals surface area contributed by atoms with Gasteiger partial charge in [0, 0.05) is 0 Å². The molecule has 0 unspecified atom stereocenters. The summed E-state index contributed by atoms with van der Waals surface area (Å²) in [7, 11) is 0. The van der Waals surface area contributed by atoms with E-state index in [1.165, 1.54) is 0 Å². The van der Waals surface area contributed by atoms with Gasteiger partial charge in [-0.2, -0.15) is 4.99 Å². The van der Waals surface area contributed by atoms with Crippen LogP contribution in [0.4, 0.5) is 5.69 Å². The lowest BCUT2D eigenvalue weighted by Gasteiger charge is -1.96. The van der Waals surface area contributed by atoms with Crippen molar-refractivity contribution in [3.8, 4) is 0 Å². The van der Waals surface area contributed by atoms with E-state index < -0.39 is 0 Å². The Hall–Kier alpha value is -2.57. The Morgan fingerprint density at radius 1 is 1.29 bits per heavy atom. The highest BCUT2D eigenvalue weighted by atomic mass is 15.1. The van der Waals surface area contributed by atoms with Gasteiger partial charge in [0.2, 0.25) is 5.96 Å². The molecule has 2 aromatic rings. The van der Waals surface area contributed by atoms with Crippen LogP contribution >= 0.6 is 0 Å². The molecule has 0 aliphatic rings. The first-order valence-electron chi connectivity index (χ1n) is 4.95. The highest BCUT2D eigenvalue weighted by Crippen LogP contribution is 2.19. The Labute approximate surface area is 97.4 Å². The summed E-state index contributed by atoms with van der Waals surface area (Å²) in [6.07, 6.45) is 0. The molecular formula is C10H13N7. The largest absolute Gasteiger partial charge is 0.370 e. The second kappa shape index (κ2) is 4.12. The van der Waals surface area contributed by atoms with Crippen LogP contribution in [0.5, 0.6) is 0 Å². The van der Waals surface area contributed by atoms with Crippen molar-refractivity contribution < 1.29 is 0 Å². The van der Waals surface area contributed by atoms with Crippen molar-refractivity contribution in [2.75, 3.05) is 0 Å². The van der Waals surface area contributed by atoms with Crippen molar-refractivity contribution in [3.63, 3.8) is 0 Å². The molecule has 0 spiro atoms. The fraction of sp³-hybridized carbons (Fsp3) is 0.100. The summed E-state index contributed by atoms with van der Waals surface area (Å²) in [5, 5.41) is 0. The minimum absolute atomic E-state index is 0.0144. The first-order chi connectivity index (χ1) is 8.04. The Balaban J connectivity index is 2.39. The number of nitrogens with two attached hydrogens (primary N) is 3. The van der Waals surface area contributed by atoms with Crippen LogP contribution in [-0.2, 0) is 0 Å². The lowest BCUT2D eigenvalue weighted by molar-refractivity contribution is 1.17. The van der Waals surface area contributed by atoms with Crippen molar-refractivity contribution in [2.45, 2.75) is 6.92 Å². The summed E-state index contributed by atoms with van der Waals surface area (Å²) in [6, 6.07) is 5.46. The zero-order valence-electron chi connectivity index (χ0n) is 9.31. The van der Waals surface area contributed by atoms with Crippen molar-refractivity contribution in [1.29, 1.82) is 0 Å². The predicted octanol–water partition coefficient (Wildman–Crippen LogP) is 0.0909. The van der Waals surface area contributed by atoms with Gasteiger partial charge < -0.3 is 22.2 Å². The third-order valence-electron chi connectivity index (χ3n) is 2.07. The topological polar surface area (TPSA) is 131 Å². The molecule has 0 amide bonds. The van der Waals surface area contributed by atoms with E-state index in [1.807, 2.05) is 19.1 Å². The van der Waals surface area contributed by atoms with Crippen LogP contribution in [0.2, 0.25) is 0 Å². The van der Waals surface area contributed by atoms with E-state index >= 15 is 0 Å². The van der Waals surface area contributed by atoms with Crippen molar-refractivity contribution in [3.05, 3.63) is 24.0 Å². The molecule has 2 rings (SSSR count). The number of fused-ring (bicyclic) bond motifs is 1. The van der Waals surface area contributed by atoms with Gasteiger partial charge in [-0.3, -0.25) is 0 Å². The van der Waals surface area contributed by atoms with E-state index in [9.17, 15) is 0 Å². The first-order valence-corrected chi connectivity index (χ1v) is 4.95. The average Bonchev–Trinajstić information content (AvgIpc) is 2.55. The fourth-order valence-electron chi connectivity index (χ4n) is 1.48. The van der Waals surface area contributed by atoms with Crippen LogP contribution in [0.25, 0.3) is 11.0 Å². The summed E-state index contributed by atoms with van der Waals surface area (Å²) >= 11 is 0. The number of aryl methyl sites for hydroxylation is 1. The maximum atomic E-state index is 5.53. The van der Waals surface area contributed by atoms with E-state index in [1.54, 1.807) is 6.07 Å². The highest BCUT2D eigenvalue weighted by molar-refractivity contribution is 5.94. The second-order valence-electron chi connectivity index (χ2n) is 3.53. The van der Waals surface area contributed by atoms with E-state index in [4.69, 9.17) is 17.2 Å². The molecule has 0 radical (unpaired) electrons. The monoisotopic (exact) mass is 231 g/mol. The van der Waals surface area contributed by atoms with Gasteiger partial charge in [0.1, 0.15) is 5.82 Å². The molecule has 0 aliphatic heterocycles. The van der Waals surface area contributed by atoms with Gasteiger partial charge in [-0.25, -0.2) is 9.98 Å². The van der Waals surface area contributed by atoms with Crippen LogP contribution < -0.4 is 17.2 Å². The molecule has 17 heavy (non-hydrogen) atoms. The molecule has 88 valence electrons. The number of aromatic amines is 1. The lowest BCUT2D eigenvalue weighted by Crippen LogP contribution is -2.26. The van der Waals surface area contributed by atoms with E-state index in [0.717, 1.165) is 16.9 Å². The molecule has 7 heteroatoms. The van der Waals surface area contributed by atoms with Gasteiger partial charge in [0.15, 0.2) is 5.96 Å². The maximum Gasteiger partial charge on any atom is 0.223 e. The highest BCUT2D eigenvalue weighted by Gasteiger charge is 2.00. The van der Waals surface area contributed by atoms with Crippen molar-refractivity contribution >= 4 is 28.6 Å². The molecule has 7 N–H and O–H groups in total. The molecule has 7 nitrogen and oxygen atoms in total. The standard InChI is InChI=1S/C10H13N7/c1-5-14-7-3-2-6(4-8(7)15-5)16-10(13)17-9(11)12/h2-4H,1H3,(H,14,15)(H6,11,12,13,16,17). The zero-order valence-corrected chi connectivity index (χ0v) is 9.31. The van der Waals surface area contributed by atoms with Crippen LogP contribution in [0, 0.1) is 6.92 Å². The maximum absolute atomic E-state index is 5.53. The summed E-state index contributed by atoms with van der Waals surface area (Å²) in [4.78, 5) is 15.1. The number of hydrogen-bond acceptors (Lipinski definition) is 2. The van der Waals surface area contributed by atoms with Gasteiger partial charge in [0.25, 0.3) is 0 Å². The van der Waals surface area contributed by atoms with Crippen molar-refractivity contribution in [1.82, 2.24) is 9.97 Å². The molecule has 0 atom stereocenters. The number of benzene rings is 1. The van der Waals surface area contributed by atoms with Crippen molar-refractivity contribution in [2.24, 2.45) is 27.2 Å². The van der Waals surface area contributed by atoms with Gasteiger partial charge in [-0.05, 0) is 25.1 Å². The molecule has 0 saturated heterocycles. The molecule has 1 heterocycles. The molecule has 0 bridgehead atoms. The Bertz CT molecular complexity index is 604.